The van der Waals surface area contributed by atoms with E-state index >= 15 is 0 Å². The predicted octanol–water partition coefficient (Wildman–Crippen LogP) is 3.02. The van der Waals surface area contributed by atoms with Gasteiger partial charge in [-0.2, -0.15) is 18.7 Å². The van der Waals surface area contributed by atoms with E-state index in [9.17, 15) is 13.2 Å². The summed E-state index contributed by atoms with van der Waals surface area (Å²) in [7, 11) is 2.51. The van der Waals surface area contributed by atoms with E-state index in [1.54, 1.807) is 0 Å². The highest BCUT2D eigenvalue weighted by atomic mass is 35.5. The molecule has 1 aromatic rings. The molecular weight excluding hydrogens is 259 g/mol. The highest BCUT2D eigenvalue weighted by Gasteiger charge is 2.35. The fraction of sp³-hybridized carbons (Fsp3) is 0.400. The van der Waals surface area contributed by atoms with Gasteiger partial charge >= 0.3 is 6.18 Å². The first-order valence-electron chi connectivity index (χ1n) is 4.59. The molecule has 1 rings (SSSR count). The number of hydrogen-bond acceptors (Lipinski definition) is 3. The van der Waals surface area contributed by atoms with Crippen LogP contribution in [-0.2, 0) is 17.6 Å². The van der Waals surface area contributed by atoms with Crippen LogP contribution in [0.5, 0.6) is 5.75 Å². The van der Waals surface area contributed by atoms with Gasteiger partial charge in [0.25, 0.3) is 0 Å². The Morgan fingerprint density at radius 3 is 2.41 bits per heavy atom. The normalized spacial score (nSPS) is 11.6. The van der Waals surface area contributed by atoms with Crippen molar-refractivity contribution in [2.45, 2.75) is 12.7 Å². The summed E-state index contributed by atoms with van der Waals surface area (Å²) in [6.45, 7) is 0.114. The Balaban J connectivity index is 3.19. The van der Waals surface area contributed by atoms with Gasteiger partial charge in [-0.3, -0.25) is 0 Å². The molecule has 96 valence electrons. The molecule has 0 unspecified atom stereocenters. The molecule has 7 heteroatoms. The topological polar surface area (TPSA) is 30.5 Å². The number of methoxy groups -OCH3 is 1. The van der Waals surface area contributed by atoms with Crippen LogP contribution < -0.4 is 10.2 Å². The highest BCUT2D eigenvalue weighted by Crippen LogP contribution is 2.40. The number of alkyl halides is 3. The number of ether oxygens (including phenoxy) is 1. The van der Waals surface area contributed by atoms with Gasteiger partial charge in [-0.25, -0.2) is 0 Å². The van der Waals surface area contributed by atoms with E-state index < -0.39 is 11.7 Å². The summed E-state index contributed by atoms with van der Waals surface area (Å²) in [6.07, 6.45) is -4.52. The molecular formula is C10H11ClF3NO2. The van der Waals surface area contributed by atoms with Crippen molar-refractivity contribution in [2.75, 3.05) is 14.2 Å². The minimum absolute atomic E-state index is 0.0878. The average molecular weight is 270 g/mol. The summed E-state index contributed by atoms with van der Waals surface area (Å²) in [4.78, 5) is 4.56. The minimum Gasteiger partial charge on any atom is -0.495 e. The van der Waals surface area contributed by atoms with E-state index in [1.807, 2.05) is 0 Å². The van der Waals surface area contributed by atoms with Crippen molar-refractivity contribution in [3.63, 3.8) is 0 Å². The lowest BCUT2D eigenvalue weighted by Crippen LogP contribution is -2.13. The van der Waals surface area contributed by atoms with E-state index in [-0.39, 0.29) is 17.3 Å². The Morgan fingerprint density at radius 2 is 1.94 bits per heavy atom. The Hall–Kier alpha value is -0.980. The van der Waals surface area contributed by atoms with E-state index in [1.165, 1.54) is 13.2 Å². The molecule has 0 bridgehead atoms. The van der Waals surface area contributed by atoms with Crippen molar-refractivity contribution in [1.82, 2.24) is 5.48 Å². The molecule has 1 aromatic carbocycles. The van der Waals surface area contributed by atoms with Crippen LogP contribution in [-0.4, -0.2) is 14.2 Å². The maximum Gasteiger partial charge on any atom is 0.420 e. The number of nitrogens with one attached hydrogen (secondary N) is 1. The number of benzene rings is 1. The molecule has 0 saturated heterocycles. The van der Waals surface area contributed by atoms with Crippen molar-refractivity contribution < 1.29 is 22.7 Å². The van der Waals surface area contributed by atoms with Gasteiger partial charge in [0.05, 0.1) is 24.8 Å². The van der Waals surface area contributed by atoms with Gasteiger partial charge in [0, 0.05) is 6.54 Å². The van der Waals surface area contributed by atoms with E-state index in [0.717, 1.165) is 13.2 Å². The van der Waals surface area contributed by atoms with Crippen LogP contribution in [0.4, 0.5) is 13.2 Å². The van der Waals surface area contributed by atoms with Crippen LogP contribution in [0.15, 0.2) is 12.1 Å². The standard InChI is InChI=1S/C10H11ClF3NO2/c1-16-9-7(10(12,13)14)3-6(4-8(9)11)5-15-17-2/h3-4,15H,5H2,1-2H3. The molecule has 3 nitrogen and oxygen atoms in total. The molecule has 0 radical (unpaired) electrons. The van der Waals surface area contributed by atoms with Gasteiger partial charge < -0.3 is 9.57 Å². The average Bonchev–Trinajstić information content (AvgIpc) is 2.24. The molecule has 0 aliphatic carbocycles. The first kappa shape index (κ1) is 14.1. The van der Waals surface area contributed by atoms with Crippen molar-refractivity contribution in [3.8, 4) is 5.75 Å². The summed E-state index contributed by atoms with van der Waals surface area (Å²) in [5, 5.41) is -0.0878. The maximum atomic E-state index is 12.7. The number of hydrogen-bond donors (Lipinski definition) is 1. The van der Waals surface area contributed by atoms with Crippen molar-refractivity contribution in [1.29, 1.82) is 0 Å². The Morgan fingerprint density at radius 1 is 1.29 bits per heavy atom. The van der Waals surface area contributed by atoms with Crippen molar-refractivity contribution in [2.24, 2.45) is 0 Å². The van der Waals surface area contributed by atoms with Crippen LogP contribution in [0.2, 0.25) is 5.02 Å². The third-order valence-electron chi connectivity index (χ3n) is 2.03. The Labute approximate surface area is 101 Å². The molecule has 0 fully saturated rings. The molecule has 0 amide bonds. The van der Waals surface area contributed by atoms with E-state index in [4.69, 9.17) is 11.6 Å². The lowest BCUT2D eigenvalue weighted by molar-refractivity contribution is -0.138. The second kappa shape index (κ2) is 5.57. The summed E-state index contributed by atoms with van der Waals surface area (Å²) in [6, 6.07) is 2.36. The van der Waals surface area contributed by atoms with E-state index in [2.05, 4.69) is 15.1 Å². The summed E-state index contributed by atoms with van der Waals surface area (Å²) < 4.78 is 42.8. The molecule has 0 heterocycles. The zero-order valence-corrected chi connectivity index (χ0v) is 9.95. The van der Waals surface area contributed by atoms with Crippen LogP contribution in [0, 0.1) is 0 Å². The number of hydroxylamine groups is 1. The SMILES string of the molecule is CONCc1cc(Cl)c(OC)c(C(F)(F)F)c1. The molecule has 1 N–H and O–H groups in total. The fourth-order valence-electron chi connectivity index (χ4n) is 1.33. The minimum atomic E-state index is -4.52. The van der Waals surface area contributed by atoms with E-state index in [0.29, 0.717) is 5.56 Å². The molecule has 17 heavy (non-hydrogen) atoms. The molecule has 0 atom stereocenters. The lowest BCUT2D eigenvalue weighted by Gasteiger charge is -2.15. The number of rotatable bonds is 4. The van der Waals surface area contributed by atoms with Gasteiger partial charge in [-0.1, -0.05) is 11.6 Å². The van der Waals surface area contributed by atoms with Crippen molar-refractivity contribution in [3.05, 3.63) is 28.3 Å². The molecule has 0 aliphatic rings. The predicted molar refractivity (Wildman–Crippen MR) is 56.9 cm³/mol. The quantitative estimate of drug-likeness (QED) is 0.853. The third-order valence-corrected chi connectivity index (χ3v) is 2.31. The highest BCUT2D eigenvalue weighted by molar-refractivity contribution is 6.32. The van der Waals surface area contributed by atoms with Crippen molar-refractivity contribution >= 4 is 11.6 Å². The van der Waals surface area contributed by atoms with Crippen LogP contribution in [0.1, 0.15) is 11.1 Å². The van der Waals surface area contributed by atoms with Crippen LogP contribution in [0.25, 0.3) is 0 Å². The van der Waals surface area contributed by atoms with Gasteiger partial charge in [-0.15, -0.1) is 0 Å². The molecule has 0 spiro atoms. The zero-order chi connectivity index (χ0) is 13.1. The maximum absolute atomic E-state index is 12.7. The Bertz CT molecular complexity index is 396. The third kappa shape index (κ3) is 3.49. The largest absolute Gasteiger partial charge is 0.495 e. The first-order chi connectivity index (χ1) is 7.90. The first-order valence-corrected chi connectivity index (χ1v) is 4.97. The second-order valence-corrected chi connectivity index (χ2v) is 3.59. The smallest absolute Gasteiger partial charge is 0.420 e. The summed E-state index contributed by atoms with van der Waals surface area (Å²) in [5.41, 5.74) is 1.89. The zero-order valence-electron chi connectivity index (χ0n) is 9.19. The molecule has 0 saturated carbocycles. The lowest BCUT2D eigenvalue weighted by atomic mass is 10.1. The number of halogens is 4. The van der Waals surface area contributed by atoms with Gasteiger partial charge in [0.1, 0.15) is 5.75 Å². The van der Waals surface area contributed by atoms with Gasteiger partial charge in [0.15, 0.2) is 0 Å². The summed E-state index contributed by atoms with van der Waals surface area (Å²) >= 11 is 5.73. The molecule has 0 aromatic heterocycles. The second-order valence-electron chi connectivity index (χ2n) is 3.18. The fourth-order valence-corrected chi connectivity index (χ4v) is 1.64. The van der Waals surface area contributed by atoms with Crippen LogP contribution >= 0.6 is 11.6 Å². The van der Waals surface area contributed by atoms with Gasteiger partial charge in [-0.05, 0) is 17.7 Å². The van der Waals surface area contributed by atoms with Gasteiger partial charge in [0.2, 0.25) is 0 Å². The summed E-state index contributed by atoms with van der Waals surface area (Å²) in [5.74, 6) is -0.375. The monoisotopic (exact) mass is 269 g/mol. The Kier molecular flexibility index (Phi) is 4.62. The van der Waals surface area contributed by atoms with Crippen LogP contribution in [0.3, 0.4) is 0 Å². The molecule has 0 aliphatic heterocycles.